The van der Waals surface area contributed by atoms with Crippen LogP contribution in [0.3, 0.4) is 0 Å². The molecule has 1 aliphatic rings. The molecule has 0 atom stereocenters. The largest absolute Gasteiger partial charge is 0.369 e. The third-order valence-electron chi connectivity index (χ3n) is 5.14. The standard InChI is InChI=1S/C20H23F2N3O3S/c1-14(26)24(3)19-12-15(25-10-8-23(2)9-11-25)4-7-20(19)29(27,28)16-5-6-17(21)18(22)13-16/h4-7,12-13H,8-11H2,1-3H3. The molecule has 2 aromatic rings. The molecule has 3 rings (SSSR count). The van der Waals surface area contributed by atoms with Crippen LogP contribution in [0, 0.1) is 11.6 Å². The van der Waals surface area contributed by atoms with Gasteiger partial charge in [0.15, 0.2) is 11.6 Å². The highest BCUT2D eigenvalue weighted by Gasteiger charge is 2.27. The molecule has 1 saturated heterocycles. The minimum absolute atomic E-state index is 0.140. The fourth-order valence-corrected chi connectivity index (χ4v) is 4.68. The Labute approximate surface area is 169 Å². The second-order valence-corrected chi connectivity index (χ2v) is 9.02. The third kappa shape index (κ3) is 4.25. The molecule has 0 unspecified atom stereocenters. The second-order valence-electron chi connectivity index (χ2n) is 7.10. The molecule has 0 bridgehead atoms. The van der Waals surface area contributed by atoms with Gasteiger partial charge in [0.2, 0.25) is 15.7 Å². The zero-order valence-electron chi connectivity index (χ0n) is 16.5. The summed E-state index contributed by atoms with van der Waals surface area (Å²) in [7, 11) is -0.658. The highest BCUT2D eigenvalue weighted by atomic mass is 32.2. The van der Waals surface area contributed by atoms with Crippen LogP contribution in [0.25, 0.3) is 0 Å². The first kappa shape index (κ1) is 21.2. The Morgan fingerprint density at radius 1 is 1.00 bits per heavy atom. The summed E-state index contributed by atoms with van der Waals surface area (Å²) in [5.74, 6) is -2.72. The molecule has 0 saturated carbocycles. The van der Waals surface area contributed by atoms with E-state index in [1.807, 2.05) is 7.05 Å². The average Bonchev–Trinajstić information content (AvgIpc) is 2.69. The Hall–Kier alpha value is -2.52. The molecule has 6 nitrogen and oxygen atoms in total. The lowest BCUT2D eigenvalue weighted by molar-refractivity contribution is -0.116. The van der Waals surface area contributed by atoms with Gasteiger partial charge in [0, 0.05) is 45.8 Å². The molecule has 0 aliphatic carbocycles. The van der Waals surface area contributed by atoms with Crippen LogP contribution in [-0.4, -0.2) is 59.5 Å². The quantitative estimate of drug-likeness (QED) is 0.708. The van der Waals surface area contributed by atoms with Crippen LogP contribution in [0.15, 0.2) is 46.2 Å². The van der Waals surface area contributed by atoms with Crippen molar-refractivity contribution in [1.29, 1.82) is 0 Å². The lowest BCUT2D eigenvalue weighted by Crippen LogP contribution is -2.44. The number of nitrogens with zero attached hydrogens (tertiary/aromatic N) is 3. The first-order chi connectivity index (χ1) is 13.6. The van der Waals surface area contributed by atoms with E-state index in [1.165, 1.54) is 24.9 Å². The number of hydrogen-bond acceptors (Lipinski definition) is 5. The van der Waals surface area contributed by atoms with E-state index in [-0.39, 0.29) is 21.4 Å². The molecule has 9 heteroatoms. The molecule has 0 spiro atoms. The van der Waals surface area contributed by atoms with E-state index < -0.39 is 21.5 Å². The number of rotatable bonds is 4. The first-order valence-corrected chi connectivity index (χ1v) is 10.6. The third-order valence-corrected chi connectivity index (χ3v) is 6.93. The van der Waals surface area contributed by atoms with Gasteiger partial charge in [0.25, 0.3) is 0 Å². The van der Waals surface area contributed by atoms with Crippen LogP contribution in [0.5, 0.6) is 0 Å². The number of halogens is 2. The van der Waals surface area contributed by atoms with Crippen molar-refractivity contribution in [2.75, 3.05) is 50.1 Å². The molecule has 29 heavy (non-hydrogen) atoms. The molecule has 0 aromatic heterocycles. The van der Waals surface area contributed by atoms with Crippen molar-refractivity contribution < 1.29 is 22.0 Å². The molecule has 1 heterocycles. The van der Waals surface area contributed by atoms with Gasteiger partial charge in [-0.1, -0.05) is 0 Å². The number of carbonyl (C=O) groups excluding carboxylic acids is 1. The Morgan fingerprint density at radius 2 is 1.66 bits per heavy atom. The number of amides is 1. The summed E-state index contributed by atoms with van der Waals surface area (Å²) < 4.78 is 53.2. The summed E-state index contributed by atoms with van der Waals surface area (Å²) in [6.07, 6.45) is 0. The molecule has 1 aliphatic heterocycles. The summed E-state index contributed by atoms with van der Waals surface area (Å²) in [6.45, 7) is 4.61. The molecular weight excluding hydrogens is 400 g/mol. The van der Waals surface area contributed by atoms with Gasteiger partial charge in [-0.05, 0) is 43.4 Å². The van der Waals surface area contributed by atoms with Crippen LogP contribution in [0.1, 0.15) is 6.92 Å². The minimum Gasteiger partial charge on any atom is -0.369 e. The fourth-order valence-electron chi connectivity index (χ4n) is 3.20. The molecule has 2 aromatic carbocycles. The van der Waals surface area contributed by atoms with E-state index in [1.54, 1.807) is 12.1 Å². The SMILES string of the molecule is CC(=O)N(C)c1cc(N2CCN(C)CC2)ccc1S(=O)(=O)c1ccc(F)c(F)c1. The Balaban J connectivity index is 2.09. The van der Waals surface area contributed by atoms with Gasteiger partial charge in [-0.15, -0.1) is 0 Å². The van der Waals surface area contributed by atoms with Crippen LogP contribution in [0.4, 0.5) is 20.2 Å². The van der Waals surface area contributed by atoms with Gasteiger partial charge in [-0.2, -0.15) is 0 Å². The smallest absolute Gasteiger partial charge is 0.223 e. The monoisotopic (exact) mass is 423 g/mol. The number of hydrogen-bond donors (Lipinski definition) is 0. The van der Waals surface area contributed by atoms with Crippen molar-refractivity contribution >= 4 is 27.1 Å². The fraction of sp³-hybridized carbons (Fsp3) is 0.350. The number of anilines is 2. The van der Waals surface area contributed by atoms with Gasteiger partial charge < -0.3 is 14.7 Å². The van der Waals surface area contributed by atoms with E-state index in [0.717, 1.165) is 44.0 Å². The summed E-state index contributed by atoms with van der Waals surface area (Å²) >= 11 is 0. The predicted molar refractivity (Wildman–Crippen MR) is 107 cm³/mol. The Kier molecular flexibility index (Phi) is 5.90. The molecule has 1 amide bonds. The second kappa shape index (κ2) is 8.08. The first-order valence-electron chi connectivity index (χ1n) is 9.13. The number of likely N-dealkylation sites (N-methyl/N-ethyl adjacent to an activating group) is 1. The molecule has 156 valence electrons. The maximum Gasteiger partial charge on any atom is 0.223 e. The van der Waals surface area contributed by atoms with Crippen molar-refractivity contribution in [2.45, 2.75) is 16.7 Å². The number of carbonyl (C=O) groups is 1. The molecular formula is C20H23F2N3O3S. The lowest BCUT2D eigenvalue weighted by Gasteiger charge is -2.34. The highest BCUT2D eigenvalue weighted by Crippen LogP contribution is 2.34. The highest BCUT2D eigenvalue weighted by molar-refractivity contribution is 7.91. The average molecular weight is 423 g/mol. The van der Waals surface area contributed by atoms with E-state index in [9.17, 15) is 22.0 Å². The van der Waals surface area contributed by atoms with Crippen LogP contribution in [0.2, 0.25) is 0 Å². The number of sulfone groups is 1. The predicted octanol–water partition coefficient (Wildman–Crippen LogP) is 2.53. The lowest BCUT2D eigenvalue weighted by atomic mass is 10.2. The Morgan fingerprint density at radius 3 is 2.24 bits per heavy atom. The van der Waals surface area contributed by atoms with Gasteiger partial charge in [0.1, 0.15) is 0 Å². The number of piperazine rings is 1. The van der Waals surface area contributed by atoms with E-state index in [2.05, 4.69) is 9.80 Å². The van der Waals surface area contributed by atoms with Gasteiger partial charge in [-0.25, -0.2) is 17.2 Å². The van der Waals surface area contributed by atoms with Gasteiger partial charge in [-0.3, -0.25) is 4.79 Å². The van der Waals surface area contributed by atoms with Crippen LogP contribution in [-0.2, 0) is 14.6 Å². The molecule has 1 fully saturated rings. The maximum atomic E-state index is 13.6. The van der Waals surface area contributed by atoms with Gasteiger partial charge in [0.05, 0.1) is 15.5 Å². The Bertz CT molecular complexity index is 1040. The van der Waals surface area contributed by atoms with Gasteiger partial charge >= 0.3 is 0 Å². The summed E-state index contributed by atoms with van der Waals surface area (Å²) in [4.78, 5) is 17.0. The summed E-state index contributed by atoms with van der Waals surface area (Å²) in [6, 6.07) is 7.18. The van der Waals surface area contributed by atoms with Crippen molar-refractivity contribution in [3.05, 3.63) is 48.0 Å². The van der Waals surface area contributed by atoms with E-state index in [0.29, 0.717) is 6.07 Å². The number of benzene rings is 2. The maximum absolute atomic E-state index is 13.6. The van der Waals surface area contributed by atoms with Crippen molar-refractivity contribution in [3.8, 4) is 0 Å². The summed E-state index contributed by atoms with van der Waals surface area (Å²) in [5.41, 5.74) is 0.990. The van der Waals surface area contributed by atoms with Crippen molar-refractivity contribution in [1.82, 2.24) is 4.90 Å². The van der Waals surface area contributed by atoms with Crippen LogP contribution >= 0.6 is 0 Å². The minimum atomic E-state index is -4.17. The molecule has 0 N–H and O–H groups in total. The van der Waals surface area contributed by atoms with Crippen LogP contribution < -0.4 is 9.80 Å². The molecule has 0 radical (unpaired) electrons. The van der Waals surface area contributed by atoms with Crippen molar-refractivity contribution in [2.24, 2.45) is 0 Å². The van der Waals surface area contributed by atoms with Crippen molar-refractivity contribution in [3.63, 3.8) is 0 Å². The topological polar surface area (TPSA) is 60.9 Å². The van der Waals surface area contributed by atoms with E-state index >= 15 is 0 Å². The summed E-state index contributed by atoms with van der Waals surface area (Å²) in [5, 5.41) is 0. The normalized spacial score (nSPS) is 15.4. The zero-order chi connectivity index (χ0) is 21.3. The van der Waals surface area contributed by atoms with E-state index in [4.69, 9.17) is 0 Å². The zero-order valence-corrected chi connectivity index (χ0v) is 17.3.